The molecule has 0 atom stereocenters. The Morgan fingerprint density at radius 2 is 1.82 bits per heavy atom. The Balaban J connectivity index is 1.65. The van der Waals surface area contributed by atoms with E-state index in [-0.39, 0.29) is 13.0 Å². The fraction of sp³-hybridized carbons (Fsp3) is 0.125. The van der Waals surface area contributed by atoms with Gasteiger partial charge < -0.3 is 9.72 Å². The van der Waals surface area contributed by atoms with Crippen molar-refractivity contribution in [2.75, 3.05) is 0 Å². The van der Waals surface area contributed by atoms with Crippen LogP contribution in [0.25, 0.3) is 11.0 Å². The summed E-state index contributed by atoms with van der Waals surface area (Å²) in [5, 5.41) is 0.904. The van der Waals surface area contributed by atoms with E-state index >= 15 is 0 Å². The van der Waals surface area contributed by atoms with Crippen molar-refractivity contribution in [2.45, 2.75) is 13.0 Å². The van der Waals surface area contributed by atoms with Gasteiger partial charge in [-0.15, -0.1) is 0 Å². The van der Waals surface area contributed by atoms with Gasteiger partial charge in [0.25, 0.3) is 0 Å². The number of imidazole rings is 1. The zero-order valence-electron chi connectivity index (χ0n) is 11.5. The Morgan fingerprint density at radius 1 is 1.09 bits per heavy atom. The summed E-state index contributed by atoms with van der Waals surface area (Å²) in [6.07, 6.45) is 0.0265. The van der Waals surface area contributed by atoms with Crippen molar-refractivity contribution in [3.05, 3.63) is 63.9 Å². The number of esters is 1. The highest BCUT2D eigenvalue weighted by Crippen LogP contribution is 2.25. The number of hydrogen-bond acceptors (Lipinski definition) is 3. The molecule has 0 fully saturated rings. The number of halogens is 2. The molecular weight excluding hydrogens is 323 g/mol. The number of carbonyl (C=O) groups excluding carboxylic acids is 1. The molecule has 0 amide bonds. The Bertz CT molecular complexity index is 777. The monoisotopic (exact) mass is 334 g/mol. The number of benzene rings is 2. The van der Waals surface area contributed by atoms with E-state index in [1.807, 2.05) is 24.3 Å². The van der Waals surface area contributed by atoms with Gasteiger partial charge in [-0.05, 0) is 24.3 Å². The number of H-pyrrole nitrogens is 1. The number of aromatic nitrogens is 2. The molecule has 6 heteroatoms. The van der Waals surface area contributed by atoms with Gasteiger partial charge in [0.2, 0.25) is 0 Å². The first kappa shape index (κ1) is 14.9. The first-order chi connectivity index (χ1) is 10.6. The normalized spacial score (nSPS) is 10.8. The van der Waals surface area contributed by atoms with Gasteiger partial charge in [0, 0.05) is 15.6 Å². The molecule has 0 saturated carbocycles. The highest BCUT2D eigenvalue weighted by Gasteiger charge is 2.12. The maximum atomic E-state index is 11.9. The van der Waals surface area contributed by atoms with Crippen LogP contribution in [0.1, 0.15) is 11.4 Å². The molecule has 0 aliphatic heterocycles. The number of hydrogen-bond donors (Lipinski definition) is 1. The predicted octanol–water partition coefficient (Wildman–Crippen LogP) is 4.16. The van der Waals surface area contributed by atoms with E-state index < -0.39 is 5.97 Å². The molecule has 1 aromatic heterocycles. The molecule has 0 radical (unpaired) electrons. The number of carbonyl (C=O) groups is 1. The van der Waals surface area contributed by atoms with Gasteiger partial charge in [0.15, 0.2) is 0 Å². The standard InChI is InChI=1S/C16H12Cl2N2O2/c17-11-4-3-5-12(18)10(11)8-16(21)22-9-15-19-13-6-1-2-7-14(13)20-15/h1-7H,8-9H2,(H,19,20). The van der Waals surface area contributed by atoms with Crippen molar-refractivity contribution in [3.8, 4) is 0 Å². The predicted molar refractivity (Wildman–Crippen MR) is 86.1 cm³/mol. The van der Waals surface area contributed by atoms with Crippen LogP contribution in [0, 0.1) is 0 Å². The van der Waals surface area contributed by atoms with Gasteiger partial charge in [0.05, 0.1) is 17.5 Å². The average Bonchev–Trinajstić information content (AvgIpc) is 2.92. The van der Waals surface area contributed by atoms with Crippen LogP contribution >= 0.6 is 23.2 Å². The van der Waals surface area contributed by atoms with Crippen LogP contribution < -0.4 is 0 Å². The fourth-order valence-electron chi connectivity index (χ4n) is 2.12. The molecule has 0 aliphatic rings. The second kappa shape index (κ2) is 6.38. The number of fused-ring (bicyclic) bond motifs is 1. The van der Waals surface area contributed by atoms with Crippen LogP contribution in [0.2, 0.25) is 10.0 Å². The SMILES string of the molecule is O=C(Cc1c(Cl)cccc1Cl)OCc1nc2ccccc2[nH]1. The summed E-state index contributed by atoms with van der Waals surface area (Å²) in [7, 11) is 0. The van der Waals surface area contributed by atoms with Crippen molar-refractivity contribution in [3.63, 3.8) is 0 Å². The summed E-state index contributed by atoms with van der Waals surface area (Å²) >= 11 is 12.1. The Hall–Kier alpha value is -2.04. The topological polar surface area (TPSA) is 55.0 Å². The van der Waals surface area contributed by atoms with Crippen LogP contribution in [0.3, 0.4) is 0 Å². The van der Waals surface area contributed by atoms with Gasteiger partial charge in [-0.2, -0.15) is 0 Å². The lowest BCUT2D eigenvalue weighted by atomic mass is 10.1. The number of para-hydroxylation sites is 2. The number of nitrogens with zero attached hydrogens (tertiary/aromatic N) is 1. The Morgan fingerprint density at radius 3 is 2.55 bits per heavy atom. The number of rotatable bonds is 4. The maximum absolute atomic E-state index is 11.9. The van der Waals surface area contributed by atoms with E-state index in [0.29, 0.717) is 21.4 Å². The van der Waals surface area contributed by atoms with Crippen LogP contribution in [0.5, 0.6) is 0 Å². The maximum Gasteiger partial charge on any atom is 0.310 e. The molecule has 0 aliphatic carbocycles. The fourth-order valence-corrected chi connectivity index (χ4v) is 2.65. The van der Waals surface area contributed by atoms with E-state index in [1.54, 1.807) is 18.2 Å². The van der Waals surface area contributed by atoms with Gasteiger partial charge in [-0.25, -0.2) is 4.98 Å². The Labute approximate surface area is 137 Å². The second-order valence-corrected chi connectivity index (χ2v) is 5.55. The van der Waals surface area contributed by atoms with E-state index in [1.165, 1.54) is 0 Å². The number of ether oxygens (including phenoxy) is 1. The summed E-state index contributed by atoms with van der Waals surface area (Å²) in [4.78, 5) is 19.4. The van der Waals surface area contributed by atoms with Gasteiger partial charge in [0.1, 0.15) is 12.4 Å². The molecule has 1 N–H and O–H groups in total. The lowest BCUT2D eigenvalue weighted by Crippen LogP contribution is -2.09. The summed E-state index contributed by atoms with van der Waals surface area (Å²) in [5.74, 6) is 0.190. The van der Waals surface area contributed by atoms with Crippen LogP contribution in [0.4, 0.5) is 0 Å². The summed E-state index contributed by atoms with van der Waals surface area (Å²) < 4.78 is 5.22. The first-order valence-corrected chi connectivity index (χ1v) is 7.41. The van der Waals surface area contributed by atoms with Crippen LogP contribution in [0.15, 0.2) is 42.5 Å². The van der Waals surface area contributed by atoms with E-state index in [9.17, 15) is 4.79 Å². The molecule has 3 rings (SSSR count). The zero-order chi connectivity index (χ0) is 15.5. The van der Waals surface area contributed by atoms with Crippen LogP contribution in [-0.4, -0.2) is 15.9 Å². The quantitative estimate of drug-likeness (QED) is 0.729. The van der Waals surface area contributed by atoms with Crippen molar-refractivity contribution >= 4 is 40.2 Å². The molecule has 0 spiro atoms. The largest absolute Gasteiger partial charge is 0.457 e. The third kappa shape index (κ3) is 3.24. The Kier molecular flexibility index (Phi) is 4.32. The second-order valence-electron chi connectivity index (χ2n) is 4.74. The van der Waals surface area contributed by atoms with Gasteiger partial charge >= 0.3 is 5.97 Å². The molecule has 1 heterocycles. The summed E-state index contributed by atoms with van der Waals surface area (Å²) in [6, 6.07) is 12.7. The molecular formula is C16H12Cl2N2O2. The minimum absolute atomic E-state index is 0.0265. The first-order valence-electron chi connectivity index (χ1n) is 6.65. The molecule has 0 bridgehead atoms. The van der Waals surface area contributed by atoms with Crippen molar-refractivity contribution in [1.82, 2.24) is 9.97 Å². The van der Waals surface area contributed by atoms with Gasteiger partial charge in [-0.3, -0.25) is 4.79 Å². The van der Waals surface area contributed by atoms with E-state index in [0.717, 1.165) is 11.0 Å². The van der Waals surface area contributed by atoms with Crippen molar-refractivity contribution in [1.29, 1.82) is 0 Å². The average molecular weight is 335 g/mol. The van der Waals surface area contributed by atoms with E-state index in [4.69, 9.17) is 27.9 Å². The summed E-state index contributed by atoms with van der Waals surface area (Å²) in [6.45, 7) is 0.0790. The third-order valence-electron chi connectivity index (χ3n) is 3.19. The molecule has 0 unspecified atom stereocenters. The van der Waals surface area contributed by atoms with E-state index in [2.05, 4.69) is 9.97 Å². The zero-order valence-corrected chi connectivity index (χ0v) is 13.0. The highest BCUT2D eigenvalue weighted by atomic mass is 35.5. The van der Waals surface area contributed by atoms with Gasteiger partial charge in [-0.1, -0.05) is 41.4 Å². The molecule has 112 valence electrons. The molecule has 2 aromatic carbocycles. The lowest BCUT2D eigenvalue weighted by molar-refractivity contribution is -0.144. The van der Waals surface area contributed by atoms with Crippen molar-refractivity contribution < 1.29 is 9.53 Å². The lowest BCUT2D eigenvalue weighted by Gasteiger charge is -2.06. The minimum Gasteiger partial charge on any atom is -0.457 e. The van der Waals surface area contributed by atoms with Crippen molar-refractivity contribution in [2.24, 2.45) is 0 Å². The molecule has 0 saturated heterocycles. The third-order valence-corrected chi connectivity index (χ3v) is 3.90. The molecule has 22 heavy (non-hydrogen) atoms. The molecule has 4 nitrogen and oxygen atoms in total. The number of nitrogens with one attached hydrogen (secondary N) is 1. The molecule has 3 aromatic rings. The smallest absolute Gasteiger partial charge is 0.310 e. The highest BCUT2D eigenvalue weighted by molar-refractivity contribution is 6.36. The van der Waals surface area contributed by atoms with Crippen LogP contribution in [-0.2, 0) is 22.6 Å². The summed E-state index contributed by atoms with van der Waals surface area (Å²) in [5.41, 5.74) is 2.31. The number of aromatic amines is 1. The minimum atomic E-state index is -0.407.